The molecule has 2 aromatic heterocycles. The highest BCUT2D eigenvalue weighted by molar-refractivity contribution is 6.31. The number of anilines is 1. The van der Waals surface area contributed by atoms with Crippen LogP contribution in [0.5, 0.6) is 0 Å². The third-order valence-electron chi connectivity index (χ3n) is 5.16. The summed E-state index contributed by atoms with van der Waals surface area (Å²) < 4.78 is 67.0. The Hall–Kier alpha value is -3.32. The third-order valence-corrected chi connectivity index (χ3v) is 5.60. The third kappa shape index (κ3) is 5.57. The molecule has 2 unspecified atom stereocenters. The van der Waals surface area contributed by atoms with Gasteiger partial charge in [-0.15, -0.1) is 5.10 Å². The lowest BCUT2D eigenvalue weighted by atomic mass is 10.1. The predicted molar refractivity (Wildman–Crippen MR) is 118 cm³/mol. The minimum absolute atomic E-state index is 0.00546. The Morgan fingerprint density at radius 1 is 1.17 bits per heavy atom. The number of rotatable bonds is 6. The molecule has 4 rings (SSSR count). The van der Waals surface area contributed by atoms with E-state index in [-0.39, 0.29) is 28.2 Å². The van der Waals surface area contributed by atoms with E-state index in [0.29, 0.717) is 17.2 Å². The molecule has 190 valence electrons. The molecule has 15 heteroatoms. The van der Waals surface area contributed by atoms with Crippen LogP contribution in [-0.4, -0.2) is 37.5 Å². The van der Waals surface area contributed by atoms with Gasteiger partial charge in [0.1, 0.15) is 5.92 Å². The number of nitrogens with zero attached hydrogens (tertiary/aromatic N) is 4. The van der Waals surface area contributed by atoms with Crippen molar-refractivity contribution < 1.29 is 31.5 Å². The molecular weight excluding hydrogens is 534 g/mol. The maximum Gasteiger partial charge on any atom is 0.416 e. The fraction of sp³-hybridized carbons (Fsp3) is 0.286. The summed E-state index contributed by atoms with van der Waals surface area (Å²) in [6, 6.07) is 4.31. The molecule has 2 amide bonds. The van der Waals surface area contributed by atoms with Crippen LogP contribution in [-0.2, 0) is 11.0 Å². The number of halogens is 7. The molecule has 2 atom stereocenters. The van der Waals surface area contributed by atoms with Gasteiger partial charge in [-0.2, -0.15) is 22.8 Å². The number of hydrogen-bond donors (Lipinski definition) is 2. The summed E-state index contributed by atoms with van der Waals surface area (Å²) in [5, 5.41) is 8.76. The molecule has 0 aliphatic heterocycles. The van der Waals surface area contributed by atoms with Gasteiger partial charge >= 0.3 is 6.18 Å². The van der Waals surface area contributed by atoms with E-state index in [1.54, 1.807) is 0 Å². The first-order chi connectivity index (χ1) is 16.7. The highest BCUT2D eigenvalue weighted by atomic mass is 35.5. The van der Waals surface area contributed by atoms with Crippen LogP contribution in [0.2, 0.25) is 10.0 Å². The summed E-state index contributed by atoms with van der Waals surface area (Å²) >= 11 is 11.6. The second-order valence-electron chi connectivity index (χ2n) is 7.97. The lowest BCUT2D eigenvalue weighted by Gasteiger charge is -2.15. The Bertz CT molecular complexity index is 1330. The molecule has 1 fully saturated rings. The van der Waals surface area contributed by atoms with E-state index in [0.717, 1.165) is 10.7 Å². The minimum Gasteiger partial charge on any atom is -0.342 e. The Kier molecular flexibility index (Phi) is 6.64. The molecule has 0 saturated heterocycles. The van der Waals surface area contributed by atoms with Crippen LogP contribution in [0.1, 0.15) is 41.1 Å². The summed E-state index contributed by atoms with van der Waals surface area (Å²) in [7, 11) is 0. The molecule has 0 spiro atoms. The van der Waals surface area contributed by atoms with E-state index < -0.39 is 47.9 Å². The number of hydrogen-bond acceptors (Lipinski definition) is 5. The number of benzene rings is 1. The van der Waals surface area contributed by atoms with Crippen molar-refractivity contribution in [3.63, 3.8) is 0 Å². The topological polar surface area (TPSA) is 102 Å². The zero-order chi connectivity index (χ0) is 26.4. The first-order valence-corrected chi connectivity index (χ1v) is 11.0. The van der Waals surface area contributed by atoms with Gasteiger partial charge in [-0.3, -0.25) is 14.9 Å². The normalized spacial score (nSPS) is 17.4. The number of carbonyl (C=O) groups is 2. The maximum atomic E-state index is 13.2. The number of amides is 2. The number of nitrogens with one attached hydrogen (secondary N) is 2. The van der Waals surface area contributed by atoms with Crippen LogP contribution < -0.4 is 10.6 Å². The Morgan fingerprint density at radius 2 is 1.86 bits per heavy atom. The largest absolute Gasteiger partial charge is 0.416 e. The van der Waals surface area contributed by atoms with Crippen molar-refractivity contribution in [3.8, 4) is 5.82 Å². The molecule has 2 heterocycles. The van der Waals surface area contributed by atoms with Crippen molar-refractivity contribution in [2.24, 2.45) is 5.92 Å². The van der Waals surface area contributed by atoms with Gasteiger partial charge in [0, 0.05) is 23.2 Å². The Labute approximate surface area is 209 Å². The summed E-state index contributed by atoms with van der Waals surface area (Å²) in [4.78, 5) is 33.0. The van der Waals surface area contributed by atoms with Crippen molar-refractivity contribution in [1.82, 2.24) is 25.1 Å². The van der Waals surface area contributed by atoms with Crippen LogP contribution in [0.15, 0.2) is 36.5 Å². The average molecular weight is 549 g/mol. The highest BCUT2D eigenvalue weighted by Gasteiger charge is 2.61. The van der Waals surface area contributed by atoms with E-state index in [9.17, 15) is 31.5 Å². The zero-order valence-electron chi connectivity index (χ0n) is 18.1. The Balaban J connectivity index is 1.62. The van der Waals surface area contributed by atoms with Crippen molar-refractivity contribution >= 4 is 41.0 Å². The quantitative estimate of drug-likeness (QED) is 0.418. The van der Waals surface area contributed by atoms with E-state index in [2.05, 4.69) is 25.7 Å². The summed E-state index contributed by atoms with van der Waals surface area (Å²) in [6.07, 6.45) is -4.03. The highest BCUT2D eigenvalue weighted by Crippen LogP contribution is 2.49. The van der Waals surface area contributed by atoms with E-state index in [1.165, 1.54) is 25.3 Å². The molecule has 1 aliphatic carbocycles. The number of alkyl halides is 5. The van der Waals surface area contributed by atoms with Crippen molar-refractivity contribution in [3.05, 3.63) is 63.5 Å². The smallest absolute Gasteiger partial charge is 0.342 e. The van der Waals surface area contributed by atoms with Gasteiger partial charge < -0.3 is 5.32 Å². The van der Waals surface area contributed by atoms with Crippen molar-refractivity contribution in [2.45, 2.75) is 31.5 Å². The van der Waals surface area contributed by atoms with Gasteiger partial charge in [-0.05, 0) is 37.3 Å². The predicted octanol–water partition coefficient (Wildman–Crippen LogP) is 5.07. The molecule has 0 radical (unpaired) electrons. The second-order valence-corrected chi connectivity index (χ2v) is 8.84. The van der Waals surface area contributed by atoms with E-state index in [1.807, 2.05) is 0 Å². The number of pyridine rings is 1. The molecule has 8 nitrogen and oxygen atoms in total. The first-order valence-electron chi connectivity index (χ1n) is 10.2. The van der Waals surface area contributed by atoms with Gasteiger partial charge in [-0.1, -0.05) is 23.2 Å². The molecule has 0 bridgehead atoms. The molecular formula is C21H15Cl2F5N6O2. The average Bonchev–Trinajstić information content (AvgIpc) is 3.23. The molecule has 2 N–H and O–H groups in total. The van der Waals surface area contributed by atoms with E-state index in [4.69, 9.17) is 23.2 Å². The molecule has 1 aliphatic rings. The van der Waals surface area contributed by atoms with Crippen LogP contribution >= 0.6 is 23.2 Å². The van der Waals surface area contributed by atoms with Crippen molar-refractivity contribution in [2.75, 3.05) is 5.32 Å². The lowest BCUT2D eigenvalue weighted by Crippen LogP contribution is -2.29. The van der Waals surface area contributed by atoms with Gasteiger partial charge in [-0.25, -0.2) is 13.8 Å². The summed E-state index contributed by atoms with van der Waals surface area (Å²) in [6.45, 7) is 1.45. The monoisotopic (exact) mass is 548 g/mol. The number of carbonyl (C=O) groups excluding carboxylic acids is 2. The fourth-order valence-corrected chi connectivity index (χ4v) is 3.59. The van der Waals surface area contributed by atoms with Gasteiger partial charge in [0.15, 0.2) is 11.6 Å². The molecule has 1 saturated carbocycles. The van der Waals surface area contributed by atoms with Gasteiger partial charge in [0.05, 0.1) is 16.6 Å². The second kappa shape index (κ2) is 9.28. The SMILES string of the molecule is CC(NC(=O)c1cc(Cl)cc(C(F)(F)F)c1)c1nc(NC(=O)C2CC2(F)F)nn1-c1ccc(Cl)cn1. The maximum absolute atomic E-state index is 13.2. The standard InChI is InChI=1S/C21H15Cl2F5N6O2/c1-9(30-17(35)10-4-11(21(26,27)28)6-13(23)5-10)16-31-19(32-18(36)14-7-20(14,24)25)33-34(16)15-3-2-12(22)8-29-15/h2-6,8-9,14H,7H2,1H3,(H,30,35)(H,32,33,36). The van der Waals surface area contributed by atoms with Crippen molar-refractivity contribution in [1.29, 1.82) is 0 Å². The van der Waals surface area contributed by atoms with Crippen LogP contribution in [0.25, 0.3) is 5.82 Å². The summed E-state index contributed by atoms with van der Waals surface area (Å²) in [5.74, 6) is -6.69. The van der Waals surface area contributed by atoms with E-state index >= 15 is 0 Å². The zero-order valence-corrected chi connectivity index (χ0v) is 19.6. The summed E-state index contributed by atoms with van der Waals surface area (Å²) in [5.41, 5.74) is -1.47. The first kappa shape index (κ1) is 25.8. The van der Waals surface area contributed by atoms with Crippen LogP contribution in [0.3, 0.4) is 0 Å². The fourth-order valence-electron chi connectivity index (χ4n) is 3.24. The van der Waals surface area contributed by atoms with Gasteiger partial charge in [0.25, 0.3) is 11.8 Å². The number of aromatic nitrogens is 4. The van der Waals surface area contributed by atoms with Gasteiger partial charge in [0.2, 0.25) is 11.9 Å². The van der Waals surface area contributed by atoms with Crippen LogP contribution in [0, 0.1) is 5.92 Å². The molecule has 36 heavy (non-hydrogen) atoms. The Morgan fingerprint density at radius 3 is 2.44 bits per heavy atom. The molecule has 1 aromatic carbocycles. The minimum atomic E-state index is -4.72. The lowest BCUT2D eigenvalue weighted by molar-refractivity contribution is -0.137. The van der Waals surface area contributed by atoms with Crippen LogP contribution in [0.4, 0.5) is 27.9 Å². The molecule has 3 aromatic rings.